The van der Waals surface area contributed by atoms with Crippen LogP contribution >= 0.6 is 23.2 Å². The number of hydrogen-bond acceptors (Lipinski definition) is 5. The van der Waals surface area contributed by atoms with Gasteiger partial charge >= 0.3 is 6.03 Å². The van der Waals surface area contributed by atoms with E-state index in [0.29, 0.717) is 6.42 Å². The number of hydrogen-bond donors (Lipinski definition) is 4. The summed E-state index contributed by atoms with van der Waals surface area (Å²) in [5.74, 6) is -3.95. The Bertz CT molecular complexity index is 931. The maximum atomic E-state index is 14.0. The highest BCUT2D eigenvalue weighted by Crippen LogP contribution is 2.65. The second-order valence-electron chi connectivity index (χ2n) is 11.5. The molecule has 12 heteroatoms. The molecule has 1 heterocycles. The largest absolute Gasteiger partial charge is 0.363 e. The fraction of sp³-hybridized carbons (Fsp3) is 0.800. The summed E-state index contributed by atoms with van der Waals surface area (Å²) >= 11 is 12.9. The van der Waals surface area contributed by atoms with Gasteiger partial charge in [0.05, 0.1) is 6.04 Å². The molecule has 0 bridgehead atoms. The number of halogens is 2. The number of rotatable bonds is 9. The van der Waals surface area contributed by atoms with Crippen LogP contribution in [0.1, 0.15) is 72.6 Å². The molecule has 0 aromatic heterocycles. The minimum Gasteiger partial charge on any atom is -0.363 e. The zero-order chi connectivity index (χ0) is 27.7. The predicted octanol–water partition coefficient (Wildman–Crippen LogP) is 2.00. The first-order valence-corrected chi connectivity index (χ1v) is 13.9. The second kappa shape index (κ2) is 11.4. The molecule has 0 spiro atoms. The molecule has 3 aliphatic rings. The van der Waals surface area contributed by atoms with E-state index in [2.05, 4.69) is 16.0 Å². The molecule has 0 aromatic rings. The van der Waals surface area contributed by atoms with E-state index in [0.717, 1.165) is 32.1 Å². The third-order valence-corrected chi connectivity index (χ3v) is 8.56. The highest BCUT2D eigenvalue weighted by molar-refractivity contribution is 6.51. The first kappa shape index (κ1) is 29.5. The number of urea groups is 1. The van der Waals surface area contributed by atoms with Crippen LogP contribution in [0.15, 0.2) is 0 Å². The van der Waals surface area contributed by atoms with E-state index in [-0.39, 0.29) is 30.7 Å². The van der Waals surface area contributed by atoms with Crippen LogP contribution in [-0.4, -0.2) is 69.0 Å². The summed E-state index contributed by atoms with van der Waals surface area (Å²) in [6.07, 6.45) is 5.27. The summed E-state index contributed by atoms with van der Waals surface area (Å²) in [4.78, 5) is 65.5. The molecule has 2 aliphatic carbocycles. The Morgan fingerprint density at radius 3 is 2.22 bits per heavy atom. The quantitative estimate of drug-likeness (QED) is 0.251. The van der Waals surface area contributed by atoms with E-state index in [9.17, 15) is 24.0 Å². The Kier molecular flexibility index (Phi) is 9.05. The summed E-state index contributed by atoms with van der Waals surface area (Å²) in [7, 11) is 0. The molecular formula is C25H39Cl2N5O5. The Hall–Kier alpha value is -2.07. The van der Waals surface area contributed by atoms with Crippen molar-refractivity contribution in [3.63, 3.8) is 0 Å². The van der Waals surface area contributed by atoms with Crippen molar-refractivity contribution in [2.75, 3.05) is 6.54 Å². The maximum Gasteiger partial charge on any atom is 0.315 e. The lowest BCUT2D eigenvalue weighted by molar-refractivity contribution is -0.144. The summed E-state index contributed by atoms with van der Waals surface area (Å²) < 4.78 is -1.18. The summed E-state index contributed by atoms with van der Waals surface area (Å²) in [5.41, 5.74) is 4.67. The van der Waals surface area contributed by atoms with Gasteiger partial charge in [0.15, 0.2) is 0 Å². The molecule has 2 saturated carbocycles. The highest BCUT2D eigenvalue weighted by atomic mass is 35.5. The molecule has 37 heavy (non-hydrogen) atoms. The molecule has 0 radical (unpaired) electrons. The average Bonchev–Trinajstić information content (AvgIpc) is 3.14. The van der Waals surface area contributed by atoms with Crippen LogP contribution in [0.25, 0.3) is 0 Å². The van der Waals surface area contributed by atoms with Gasteiger partial charge in [0.2, 0.25) is 17.6 Å². The fourth-order valence-electron chi connectivity index (χ4n) is 5.66. The van der Waals surface area contributed by atoms with Gasteiger partial charge in [-0.2, -0.15) is 0 Å². The number of amides is 5. The number of primary amides is 1. The third-order valence-electron chi connectivity index (χ3n) is 7.50. The Morgan fingerprint density at radius 1 is 1.05 bits per heavy atom. The van der Waals surface area contributed by atoms with E-state index < -0.39 is 57.5 Å². The first-order chi connectivity index (χ1) is 17.2. The van der Waals surface area contributed by atoms with E-state index in [1.165, 1.54) is 4.90 Å². The van der Waals surface area contributed by atoms with Gasteiger partial charge in [0.1, 0.15) is 16.4 Å². The van der Waals surface area contributed by atoms with Crippen molar-refractivity contribution in [3.05, 3.63) is 0 Å². The number of nitrogens with one attached hydrogen (secondary N) is 3. The van der Waals surface area contributed by atoms with Crippen molar-refractivity contribution in [2.24, 2.45) is 23.5 Å². The van der Waals surface area contributed by atoms with Crippen LogP contribution < -0.4 is 21.7 Å². The van der Waals surface area contributed by atoms with Crippen LogP contribution in [0.4, 0.5) is 4.79 Å². The van der Waals surface area contributed by atoms with E-state index >= 15 is 0 Å². The number of nitrogens with two attached hydrogens (primary N) is 1. The van der Waals surface area contributed by atoms with Gasteiger partial charge in [-0.25, -0.2) is 4.79 Å². The first-order valence-electron chi connectivity index (χ1n) is 13.1. The minimum atomic E-state index is -1.18. The van der Waals surface area contributed by atoms with Crippen LogP contribution in [-0.2, 0) is 19.2 Å². The summed E-state index contributed by atoms with van der Waals surface area (Å²) in [6, 6.07) is -3.42. The number of nitrogens with zero attached hydrogens (tertiary/aromatic N) is 1. The Labute approximate surface area is 228 Å². The van der Waals surface area contributed by atoms with E-state index in [4.69, 9.17) is 28.9 Å². The summed E-state index contributed by atoms with van der Waals surface area (Å²) in [6.45, 7) is 7.50. The monoisotopic (exact) mass is 559 g/mol. The van der Waals surface area contributed by atoms with E-state index in [1.807, 2.05) is 20.8 Å². The molecule has 5 atom stereocenters. The molecule has 1 unspecified atom stereocenters. The molecule has 3 rings (SSSR count). The predicted molar refractivity (Wildman–Crippen MR) is 140 cm³/mol. The molecule has 0 aromatic carbocycles. The lowest BCUT2D eigenvalue weighted by Gasteiger charge is -2.37. The number of alkyl halides is 2. The van der Waals surface area contributed by atoms with Gasteiger partial charge in [-0.15, -0.1) is 23.2 Å². The van der Waals surface area contributed by atoms with Gasteiger partial charge in [0, 0.05) is 23.9 Å². The molecule has 208 valence electrons. The number of fused-ring (bicyclic) bond motifs is 1. The molecule has 1 saturated heterocycles. The van der Waals surface area contributed by atoms with Gasteiger partial charge in [-0.1, -0.05) is 32.6 Å². The third kappa shape index (κ3) is 6.69. The zero-order valence-corrected chi connectivity index (χ0v) is 23.5. The molecule has 5 N–H and O–H groups in total. The lowest BCUT2D eigenvalue weighted by Crippen LogP contribution is -2.61. The number of likely N-dealkylation sites (tertiary alicyclic amines) is 1. The lowest BCUT2D eigenvalue weighted by atomic mass is 9.83. The number of carbonyl (C=O) groups is 5. The Balaban J connectivity index is 1.85. The number of piperidine rings is 1. The SMILES string of the molecule is CCCC(NC(=O)[C@@H]1[C@@H]2[C@H](CN1C(=O)[C@@H](NC(=O)NC(C)(C)C)C1CCCCC1)C2(Cl)Cl)C(=O)C(N)=O. The molecule has 3 fully saturated rings. The van der Waals surface area contributed by atoms with Crippen LogP contribution in [0.5, 0.6) is 0 Å². The average molecular weight is 561 g/mol. The Morgan fingerprint density at radius 2 is 1.68 bits per heavy atom. The zero-order valence-electron chi connectivity index (χ0n) is 21.9. The molecule has 10 nitrogen and oxygen atoms in total. The van der Waals surface area contributed by atoms with Crippen molar-refractivity contribution >= 4 is 52.7 Å². The van der Waals surface area contributed by atoms with Crippen LogP contribution in [0.2, 0.25) is 0 Å². The maximum absolute atomic E-state index is 14.0. The van der Waals surface area contributed by atoms with Gasteiger partial charge in [0.25, 0.3) is 5.91 Å². The summed E-state index contributed by atoms with van der Waals surface area (Å²) in [5, 5.41) is 8.32. The topological polar surface area (TPSA) is 151 Å². The van der Waals surface area contributed by atoms with Gasteiger partial charge in [-0.05, 0) is 46.0 Å². The number of carbonyl (C=O) groups excluding carboxylic acids is 5. The minimum absolute atomic E-state index is 0.0753. The van der Waals surface area contributed by atoms with Gasteiger partial charge < -0.3 is 26.6 Å². The molecule has 5 amide bonds. The molecule has 1 aliphatic heterocycles. The normalized spacial score (nSPS) is 26.4. The van der Waals surface area contributed by atoms with Crippen molar-refractivity contribution < 1.29 is 24.0 Å². The molecular weight excluding hydrogens is 521 g/mol. The standard InChI is InChI=1S/C25H39Cl2N5O5/c1-5-9-15(19(33)20(28)34)29-21(35)18-16-14(25(16,26)27)12-32(18)22(36)17(13-10-7-6-8-11-13)30-23(37)31-24(2,3)4/h13-18H,5-12H2,1-4H3,(H2,28,34)(H,29,35)(H2,30,31,37)/t14-,15?,16-,17-,18-/m0/s1. The second-order valence-corrected chi connectivity index (χ2v) is 13.0. The fourth-order valence-corrected chi connectivity index (χ4v) is 6.49. The van der Waals surface area contributed by atoms with Crippen molar-refractivity contribution in [2.45, 2.75) is 101 Å². The number of ketones is 1. The highest BCUT2D eigenvalue weighted by Gasteiger charge is 2.74. The van der Waals surface area contributed by atoms with Crippen molar-refractivity contribution in [1.29, 1.82) is 0 Å². The van der Waals surface area contributed by atoms with E-state index in [1.54, 1.807) is 6.92 Å². The van der Waals surface area contributed by atoms with Crippen molar-refractivity contribution in [3.8, 4) is 0 Å². The van der Waals surface area contributed by atoms with Crippen LogP contribution in [0.3, 0.4) is 0 Å². The van der Waals surface area contributed by atoms with Gasteiger partial charge in [-0.3, -0.25) is 19.2 Å². The van der Waals surface area contributed by atoms with Crippen molar-refractivity contribution in [1.82, 2.24) is 20.9 Å². The smallest absolute Gasteiger partial charge is 0.315 e. The van der Waals surface area contributed by atoms with Crippen LogP contribution in [0, 0.1) is 17.8 Å². The number of Topliss-reactive ketones (excluding diaryl/α,β-unsaturated/α-hetero) is 1.